The fourth-order valence-corrected chi connectivity index (χ4v) is 3.62. The first-order valence-electron chi connectivity index (χ1n) is 8.21. The molecule has 1 aromatic heterocycles. The monoisotopic (exact) mass is 315 g/mol. The maximum absolute atomic E-state index is 12.6. The van der Waals surface area contributed by atoms with E-state index in [2.05, 4.69) is 0 Å². The number of amides is 1. The number of nitrogens with zero attached hydrogens (tertiary/aromatic N) is 1. The van der Waals surface area contributed by atoms with Gasteiger partial charge >= 0.3 is 0 Å². The van der Waals surface area contributed by atoms with E-state index in [-0.39, 0.29) is 11.5 Å². The molecule has 3 heterocycles. The van der Waals surface area contributed by atoms with Crippen LogP contribution in [0.4, 0.5) is 0 Å². The number of carbonyl (C=O) groups is 1. The first-order valence-corrected chi connectivity index (χ1v) is 8.21. The lowest BCUT2D eigenvalue weighted by atomic mass is 9.81. The number of hydrogen-bond acceptors (Lipinski definition) is 4. The third-order valence-corrected chi connectivity index (χ3v) is 4.96. The van der Waals surface area contributed by atoms with E-state index in [0.717, 1.165) is 24.0 Å². The highest BCUT2D eigenvalue weighted by molar-refractivity contribution is 5.96. The Balaban J connectivity index is 1.45. The molecule has 1 unspecified atom stereocenters. The zero-order valence-corrected chi connectivity index (χ0v) is 13.3. The molecule has 23 heavy (non-hydrogen) atoms. The van der Waals surface area contributed by atoms with E-state index < -0.39 is 0 Å². The summed E-state index contributed by atoms with van der Waals surface area (Å²) in [4.78, 5) is 14.4. The Labute approximate surface area is 135 Å². The lowest BCUT2D eigenvalue weighted by Crippen LogP contribution is -2.66. The van der Waals surface area contributed by atoms with Gasteiger partial charge < -0.3 is 18.8 Å². The van der Waals surface area contributed by atoms with Gasteiger partial charge in [0.15, 0.2) is 5.76 Å². The second kappa shape index (κ2) is 5.65. The Morgan fingerprint density at radius 2 is 2.22 bits per heavy atom. The van der Waals surface area contributed by atoms with Crippen molar-refractivity contribution in [3.8, 4) is 0 Å². The van der Waals surface area contributed by atoms with E-state index in [0.29, 0.717) is 38.0 Å². The SMILES string of the molecule is CCOCC1CCOC12CN(C(=O)c1cc3ccccc3o1)C2. The largest absolute Gasteiger partial charge is 0.451 e. The number of ether oxygens (including phenoxy) is 2. The van der Waals surface area contributed by atoms with Crippen molar-refractivity contribution in [1.82, 2.24) is 4.90 Å². The van der Waals surface area contributed by atoms with Crippen LogP contribution in [-0.2, 0) is 9.47 Å². The number of carbonyl (C=O) groups excluding carboxylic acids is 1. The Bertz CT molecular complexity index is 684. The molecule has 2 aromatic rings. The van der Waals surface area contributed by atoms with Crippen LogP contribution in [0.25, 0.3) is 11.0 Å². The Hall–Kier alpha value is -1.85. The summed E-state index contributed by atoms with van der Waals surface area (Å²) in [6, 6.07) is 9.49. The smallest absolute Gasteiger partial charge is 0.289 e. The topological polar surface area (TPSA) is 51.9 Å². The minimum atomic E-state index is -0.211. The molecule has 1 atom stereocenters. The maximum Gasteiger partial charge on any atom is 0.289 e. The zero-order chi connectivity index (χ0) is 15.9. The van der Waals surface area contributed by atoms with Crippen LogP contribution in [-0.4, -0.2) is 49.3 Å². The molecule has 2 saturated heterocycles. The molecule has 122 valence electrons. The van der Waals surface area contributed by atoms with Gasteiger partial charge in [0, 0.05) is 24.5 Å². The number of para-hydroxylation sites is 1. The van der Waals surface area contributed by atoms with E-state index >= 15 is 0 Å². The van der Waals surface area contributed by atoms with Crippen molar-refractivity contribution in [3.05, 3.63) is 36.1 Å². The molecule has 0 aliphatic carbocycles. The van der Waals surface area contributed by atoms with Crippen LogP contribution in [0.15, 0.2) is 34.7 Å². The molecule has 5 heteroatoms. The fourth-order valence-electron chi connectivity index (χ4n) is 3.62. The molecule has 0 radical (unpaired) electrons. The van der Waals surface area contributed by atoms with Crippen molar-refractivity contribution in [3.63, 3.8) is 0 Å². The Morgan fingerprint density at radius 3 is 3.00 bits per heavy atom. The number of benzene rings is 1. The molecule has 1 aromatic carbocycles. The molecule has 5 nitrogen and oxygen atoms in total. The number of furan rings is 1. The molecule has 2 aliphatic heterocycles. The van der Waals surface area contributed by atoms with Gasteiger partial charge in [0.05, 0.1) is 19.7 Å². The molecule has 4 rings (SSSR count). The Morgan fingerprint density at radius 1 is 1.39 bits per heavy atom. The van der Waals surface area contributed by atoms with E-state index in [1.807, 2.05) is 42.2 Å². The van der Waals surface area contributed by atoms with Gasteiger partial charge in [-0.25, -0.2) is 0 Å². The summed E-state index contributed by atoms with van der Waals surface area (Å²) >= 11 is 0. The fraction of sp³-hybridized carbons (Fsp3) is 0.500. The normalized spacial score (nSPS) is 22.7. The predicted octanol–water partition coefficient (Wildman–Crippen LogP) is 2.70. The predicted molar refractivity (Wildman–Crippen MR) is 85.4 cm³/mol. The van der Waals surface area contributed by atoms with E-state index in [1.54, 1.807) is 0 Å². The average Bonchev–Trinajstić information content (AvgIpc) is 3.14. The van der Waals surface area contributed by atoms with Gasteiger partial charge in [-0.05, 0) is 25.5 Å². The summed E-state index contributed by atoms with van der Waals surface area (Å²) in [5.41, 5.74) is 0.536. The molecule has 1 spiro atoms. The lowest BCUT2D eigenvalue weighted by Gasteiger charge is -2.49. The molecule has 0 saturated carbocycles. The summed E-state index contributed by atoms with van der Waals surface area (Å²) in [6.07, 6.45) is 1.01. The van der Waals surface area contributed by atoms with Crippen LogP contribution in [0.2, 0.25) is 0 Å². The lowest BCUT2D eigenvalue weighted by molar-refractivity contribution is -0.128. The van der Waals surface area contributed by atoms with E-state index in [1.165, 1.54) is 0 Å². The molecule has 1 amide bonds. The van der Waals surface area contributed by atoms with E-state index in [9.17, 15) is 4.79 Å². The minimum Gasteiger partial charge on any atom is -0.451 e. The van der Waals surface area contributed by atoms with Gasteiger partial charge in [0.2, 0.25) is 0 Å². The van der Waals surface area contributed by atoms with Gasteiger partial charge in [-0.15, -0.1) is 0 Å². The van der Waals surface area contributed by atoms with Crippen molar-refractivity contribution in [1.29, 1.82) is 0 Å². The quantitative estimate of drug-likeness (QED) is 0.870. The third-order valence-electron chi connectivity index (χ3n) is 4.96. The summed E-state index contributed by atoms with van der Waals surface area (Å²) in [5.74, 6) is 0.722. The van der Waals surface area contributed by atoms with Crippen LogP contribution in [0.5, 0.6) is 0 Å². The molecule has 2 fully saturated rings. The number of hydrogen-bond donors (Lipinski definition) is 0. The van der Waals surface area contributed by atoms with Crippen LogP contribution in [0.3, 0.4) is 0 Å². The molecule has 2 aliphatic rings. The number of rotatable bonds is 4. The van der Waals surface area contributed by atoms with E-state index in [4.69, 9.17) is 13.9 Å². The summed E-state index contributed by atoms with van der Waals surface area (Å²) in [6.45, 7) is 5.43. The van der Waals surface area contributed by atoms with Gasteiger partial charge in [0.1, 0.15) is 11.2 Å². The summed E-state index contributed by atoms with van der Waals surface area (Å²) in [5, 5.41) is 0.956. The standard InChI is InChI=1S/C18H21NO4/c1-2-21-10-14-7-8-22-18(14)11-19(12-18)17(20)16-9-13-5-3-4-6-15(13)23-16/h3-6,9,14H,2,7-8,10-12H2,1H3. The second-order valence-electron chi connectivity index (χ2n) is 6.37. The van der Waals surface area contributed by atoms with Gasteiger partial charge in [-0.3, -0.25) is 4.79 Å². The van der Waals surface area contributed by atoms with Crippen molar-refractivity contribution in [2.45, 2.75) is 18.9 Å². The third kappa shape index (κ3) is 2.44. The van der Waals surface area contributed by atoms with Crippen LogP contribution >= 0.6 is 0 Å². The van der Waals surface area contributed by atoms with Crippen LogP contribution in [0.1, 0.15) is 23.9 Å². The second-order valence-corrected chi connectivity index (χ2v) is 6.37. The Kier molecular flexibility index (Phi) is 3.62. The van der Waals surface area contributed by atoms with Crippen molar-refractivity contribution in [2.24, 2.45) is 5.92 Å². The number of likely N-dealkylation sites (tertiary alicyclic amines) is 1. The highest BCUT2D eigenvalue weighted by Crippen LogP contribution is 2.40. The highest BCUT2D eigenvalue weighted by atomic mass is 16.5. The van der Waals surface area contributed by atoms with Crippen molar-refractivity contribution in [2.75, 3.05) is 32.9 Å². The highest BCUT2D eigenvalue weighted by Gasteiger charge is 2.54. The van der Waals surface area contributed by atoms with Crippen LogP contribution in [0, 0.1) is 5.92 Å². The van der Waals surface area contributed by atoms with Gasteiger partial charge in [-0.1, -0.05) is 18.2 Å². The first-order chi connectivity index (χ1) is 11.2. The minimum absolute atomic E-state index is 0.0579. The van der Waals surface area contributed by atoms with Crippen LogP contribution < -0.4 is 0 Å². The van der Waals surface area contributed by atoms with Crippen molar-refractivity contribution < 1.29 is 18.7 Å². The van der Waals surface area contributed by atoms with Gasteiger partial charge in [0.25, 0.3) is 5.91 Å². The molecule has 0 bridgehead atoms. The first kappa shape index (κ1) is 14.7. The average molecular weight is 315 g/mol. The molecular weight excluding hydrogens is 294 g/mol. The summed E-state index contributed by atoms with van der Waals surface area (Å²) < 4.78 is 17.2. The van der Waals surface area contributed by atoms with Gasteiger partial charge in [-0.2, -0.15) is 0 Å². The number of fused-ring (bicyclic) bond motifs is 1. The zero-order valence-electron chi connectivity index (χ0n) is 13.3. The maximum atomic E-state index is 12.6. The summed E-state index contributed by atoms with van der Waals surface area (Å²) in [7, 11) is 0. The molecular formula is C18H21NO4. The van der Waals surface area contributed by atoms with Crippen molar-refractivity contribution >= 4 is 16.9 Å². The molecule has 0 N–H and O–H groups in total.